The second-order valence-electron chi connectivity index (χ2n) is 5.14. The standard InChI is InChI=1S/C19H17Cl2NO3/c1-3-4-16(22-2)15-11-14(21)9-10-17(15)25-18(19(23)24)12-5-7-13(20)8-6-12/h3-11,18H,1-2H3,(H,23,24)/b4-3-,22-16?. The third-order valence-electron chi connectivity index (χ3n) is 3.42. The number of ether oxygens (including phenoxy) is 1. The van der Waals surface area contributed by atoms with E-state index in [1.54, 1.807) is 55.6 Å². The largest absolute Gasteiger partial charge is 0.478 e. The number of hydrogen-bond acceptors (Lipinski definition) is 3. The number of hydrogen-bond donors (Lipinski definition) is 1. The normalized spacial score (nSPS) is 13.0. The summed E-state index contributed by atoms with van der Waals surface area (Å²) < 4.78 is 5.80. The van der Waals surface area contributed by atoms with E-state index in [9.17, 15) is 9.90 Å². The lowest BCUT2D eigenvalue weighted by Gasteiger charge is -2.18. The fraction of sp³-hybridized carbons (Fsp3) is 0.158. The second-order valence-corrected chi connectivity index (χ2v) is 6.01. The molecule has 2 rings (SSSR count). The van der Waals surface area contributed by atoms with Crippen LogP contribution >= 0.6 is 23.2 Å². The molecule has 0 spiro atoms. The van der Waals surface area contributed by atoms with Gasteiger partial charge in [-0.05, 0) is 43.3 Å². The molecule has 0 aliphatic heterocycles. The van der Waals surface area contributed by atoms with Gasteiger partial charge in [0.15, 0.2) is 0 Å². The van der Waals surface area contributed by atoms with E-state index in [1.807, 2.05) is 13.0 Å². The summed E-state index contributed by atoms with van der Waals surface area (Å²) >= 11 is 12.0. The van der Waals surface area contributed by atoms with Crippen LogP contribution in [-0.4, -0.2) is 23.8 Å². The Bertz CT molecular complexity index is 814. The van der Waals surface area contributed by atoms with Crippen LogP contribution in [0.25, 0.3) is 0 Å². The predicted molar refractivity (Wildman–Crippen MR) is 101 cm³/mol. The highest BCUT2D eigenvalue weighted by Gasteiger charge is 2.23. The summed E-state index contributed by atoms with van der Waals surface area (Å²) in [6, 6.07) is 11.5. The first-order valence-corrected chi connectivity index (χ1v) is 8.26. The van der Waals surface area contributed by atoms with E-state index in [0.29, 0.717) is 32.6 Å². The van der Waals surface area contributed by atoms with Crippen molar-refractivity contribution in [3.63, 3.8) is 0 Å². The third-order valence-corrected chi connectivity index (χ3v) is 3.91. The van der Waals surface area contributed by atoms with Crippen LogP contribution in [0.4, 0.5) is 0 Å². The first kappa shape index (κ1) is 19.0. The lowest BCUT2D eigenvalue weighted by Crippen LogP contribution is -2.19. The van der Waals surface area contributed by atoms with Gasteiger partial charge in [0.05, 0.1) is 5.71 Å². The number of carboxylic acid groups (broad SMARTS) is 1. The van der Waals surface area contributed by atoms with Gasteiger partial charge in [0.1, 0.15) is 5.75 Å². The maximum Gasteiger partial charge on any atom is 0.349 e. The molecule has 25 heavy (non-hydrogen) atoms. The maximum atomic E-state index is 11.7. The maximum absolute atomic E-state index is 11.7. The highest BCUT2D eigenvalue weighted by atomic mass is 35.5. The van der Waals surface area contributed by atoms with Crippen molar-refractivity contribution < 1.29 is 14.6 Å². The van der Waals surface area contributed by atoms with E-state index in [0.717, 1.165) is 0 Å². The summed E-state index contributed by atoms with van der Waals surface area (Å²) in [7, 11) is 1.65. The zero-order valence-corrected chi connectivity index (χ0v) is 15.3. The highest BCUT2D eigenvalue weighted by molar-refractivity contribution is 6.31. The van der Waals surface area contributed by atoms with Crippen molar-refractivity contribution >= 4 is 34.9 Å². The zero-order valence-electron chi connectivity index (χ0n) is 13.7. The molecule has 1 N–H and O–H groups in total. The molecule has 130 valence electrons. The van der Waals surface area contributed by atoms with E-state index in [-0.39, 0.29) is 0 Å². The summed E-state index contributed by atoms with van der Waals surface area (Å²) in [5, 5.41) is 10.6. The first-order valence-electron chi connectivity index (χ1n) is 7.50. The number of aliphatic carboxylic acids is 1. The molecule has 1 atom stereocenters. The van der Waals surface area contributed by atoms with Gasteiger partial charge in [-0.1, -0.05) is 41.4 Å². The van der Waals surface area contributed by atoms with Gasteiger partial charge >= 0.3 is 5.97 Å². The minimum Gasteiger partial charge on any atom is -0.478 e. The van der Waals surface area contributed by atoms with Crippen LogP contribution in [0.5, 0.6) is 5.75 Å². The van der Waals surface area contributed by atoms with Crippen molar-refractivity contribution in [1.82, 2.24) is 0 Å². The van der Waals surface area contributed by atoms with Crippen molar-refractivity contribution in [3.05, 3.63) is 75.8 Å². The predicted octanol–water partition coefficient (Wildman–Crippen LogP) is 5.19. The van der Waals surface area contributed by atoms with E-state index < -0.39 is 12.1 Å². The lowest BCUT2D eigenvalue weighted by molar-refractivity contribution is -0.145. The molecular formula is C19H17Cl2NO3. The number of carbonyl (C=O) groups is 1. The van der Waals surface area contributed by atoms with Crippen LogP contribution in [0.2, 0.25) is 10.0 Å². The number of rotatable bonds is 6. The fourth-order valence-corrected chi connectivity index (χ4v) is 2.57. The Hall–Kier alpha value is -2.30. The molecule has 2 aromatic carbocycles. The molecule has 0 aliphatic rings. The Balaban J connectivity index is 2.46. The molecule has 0 saturated heterocycles. The summed E-state index contributed by atoms with van der Waals surface area (Å²) in [6.45, 7) is 1.87. The fourth-order valence-electron chi connectivity index (χ4n) is 2.27. The molecule has 0 bridgehead atoms. The average Bonchev–Trinajstić information content (AvgIpc) is 2.59. The van der Waals surface area contributed by atoms with Crippen LogP contribution in [0, 0.1) is 0 Å². The van der Waals surface area contributed by atoms with Gasteiger partial charge in [-0.2, -0.15) is 0 Å². The smallest absolute Gasteiger partial charge is 0.349 e. The molecule has 0 amide bonds. The number of benzene rings is 2. The SMILES string of the molecule is C/C=C\C(=NC)c1cc(Cl)ccc1OC(C(=O)O)c1ccc(Cl)cc1. The van der Waals surface area contributed by atoms with Crippen molar-refractivity contribution in [2.75, 3.05) is 7.05 Å². The molecule has 1 unspecified atom stereocenters. The van der Waals surface area contributed by atoms with Crippen LogP contribution in [0.1, 0.15) is 24.2 Å². The van der Waals surface area contributed by atoms with Gasteiger partial charge in [-0.15, -0.1) is 0 Å². The molecule has 0 saturated carbocycles. The summed E-state index contributed by atoms with van der Waals surface area (Å²) in [5.74, 6) is -0.727. The Labute approximate surface area is 156 Å². The molecule has 0 fully saturated rings. The van der Waals surface area contributed by atoms with Crippen molar-refractivity contribution in [3.8, 4) is 5.75 Å². The van der Waals surface area contributed by atoms with Gasteiger partial charge in [0.2, 0.25) is 6.10 Å². The van der Waals surface area contributed by atoms with Crippen LogP contribution in [0.15, 0.2) is 59.6 Å². The zero-order chi connectivity index (χ0) is 18.4. The van der Waals surface area contributed by atoms with Gasteiger partial charge < -0.3 is 9.84 Å². The molecule has 0 radical (unpaired) electrons. The van der Waals surface area contributed by atoms with Crippen LogP contribution in [-0.2, 0) is 4.79 Å². The molecule has 2 aromatic rings. The second kappa shape index (κ2) is 8.70. The molecule has 0 heterocycles. The van der Waals surface area contributed by atoms with E-state index >= 15 is 0 Å². The minimum absolute atomic E-state index is 0.380. The van der Waals surface area contributed by atoms with Crippen LogP contribution in [0.3, 0.4) is 0 Å². The molecule has 0 aromatic heterocycles. The average molecular weight is 378 g/mol. The topological polar surface area (TPSA) is 58.9 Å². The van der Waals surface area contributed by atoms with Gasteiger partial charge in [-0.25, -0.2) is 4.79 Å². The third kappa shape index (κ3) is 4.84. The minimum atomic E-state index is -1.18. The summed E-state index contributed by atoms with van der Waals surface area (Å²) in [5.41, 5.74) is 1.74. The number of allylic oxidation sites excluding steroid dienone is 2. The number of aliphatic imine (C=N–C) groups is 1. The van der Waals surface area contributed by atoms with Crippen molar-refractivity contribution in [2.45, 2.75) is 13.0 Å². The number of carboxylic acids is 1. The Kier molecular flexibility index (Phi) is 6.62. The Morgan fingerprint density at radius 2 is 1.80 bits per heavy atom. The Morgan fingerprint density at radius 1 is 1.16 bits per heavy atom. The van der Waals surface area contributed by atoms with Gasteiger partial charge in [0.25, 0.3) is 0 Å². The molecule has 6 heteroatoms. The van der Waals surface area contributed by atoms with Gasteiger partial charge in [0, 0.05) is 28.2 Å². The molecule has 0 aliphatic carbocycles. The quantitative estimate of drug-likeness (QED) is 0.704. The highest BCUT2D eigenvalue weighted by Crippen LogP contribution is 2.29. The monoisotopic (exact) mass is 377 g/mol. The Morgan fingerprint density at radius 3 is 2.36 bits per heavy atom. The van der Waals surface area contributed by atoms with Crippen molar-refractivity contribution in [1.29, 1.82) is 0 Å². The first-order chi connectivity index (χ1) is 12.0. The number of halogens is 2. The number of nitrogens with zero attached hydrogens (tertiary/aromatic N) is 1. The van der Waals surface area contributed by atoms with Crippen molar-refractivity contribution in [2.24, 2.45) is 4.99 Å². The lowest BCUT2D eigenvalue weighted by atomic mass is 10.1. The van der Waals surface area contributed by atoms with Gasteiger partial charge in [-0.3, -0.25) is 4.99 Å². The summed E-state index contributed by atoms with van der Waals surface area (Å²) in [6.07, 6.45) is 2.46. The molecular weight excluding hydrogens is 361 g/mol. The van der Waals surface area contributed by atoms with E-state index in [4.69, 9.17) is 27.9 Å². The van der Waals surface area contributed by atoms with E-state index in [1.165, 1.54) is 0 Å². The van der Waals surface area contributed by atoms with E-state index in [2.05, 4.69) is 4.99 Å². The summed E-state index contributed by atoms with van der Waals surface area (Å²) in [4.78, 5) is 15.9. The van der Waals surface area contributed by atoms with Crippen LogP contribution < -0.4 is 4.74 Å². The molecule has 4 nitrogen and oxygen atoms in total.